The van der Waals surface area contributed by atoms with Crippen LogP contribution in [0.2, 0.25) is 0 Å². The fraction of sp³-hybridized carbons (Fsp3) is 0.556. The van der Waals surface area contributed by atoms with E-state index in [0.29, 0.717) is 0 Å². The average Bonchev–Trinajstić information content (AvgIpc) is 2.25. The minimum atomic E-state index is -4.30. The monoisotopic (exact) mass is 236 g/mol. The molecule has 1 aromatic rings. The number of aliphatic hydroxyl groups is 1. The Morgan fingerprint density at radius 1 is 1.38 bits per heavy atom. The third kappa shape index (κ3) is 3.65. The van der Waals surface area contributed by atoms with E-state index < -0.39 is 25.1 Å². The molecular weight excluding hydrogens is 225 g/mol. The lowest BCUT2D eigenvalue weighted by molar-refractivity contribution is -0.140. The van der Waals surface area contributed by atoms with Crippen molar-refractivity contribution in [3.63, 3.8) is 0 Å². The van der Waals surface area contributed by atoms with E-state index >= 15 is 0 Å². The second-order valence-electron chi connectivity index (χ2n) is 3.12. The molecule has 1 atom stereocenters. The Kier molecular flexibility index (Phi) is 4.05. The van der Waals surface area contributed by atoms with E-state index in [1.807, 2.05) is 0 Å². The van der Waals surface area contributed by atoms with Crippen molar-refractivity contribution in [1.82, 2.24) is 9.97 Å². The van der Waals surface area contributed by atoms with Crippen LogP contribution in [-0.4, -0.2) is 28.4 Å². The third-order valence-electron chi connectivity index (χ3n) is 1.90. The lowest BCUT2D eigenvalue weighted by atomic mass is 10.1. The van der Waals surface area contributed by atoms with E-state index in [9.17, 15) is 18.3 Å². The highest BCUT2D eigenvalue weighted by Crippen LogP contribution is 2.29. The van der Waals surface area contributed by atoms with Gasteiger partial charge in [0, 0.05) is 18.8 Å². The van der Waals surface area contributed by atoms with Crippen LogP contribution in [-0.2, 0) is 0 Å². The van der Waals surface area contributed by atoms with Crippen LogP contribution < -0.4 is 4.74 Å². The minimum Gasteiger partial charge on any atom is -0.480 e. The smallest absolute Gasteiger partial charge is 0.389 e. The molecule has 1 rings (SSSR count). The van der Waals surface area contributed by atoms with Gasteiger partial charge in [-0.1, -0.05) is 0 Å². The molecule has 0 fully saturated rings. The Labute approximate surface area is 90.1 Å². The van der Waals surface area contributed by atoms with E-state index in [2.05, 4.69) is 9.97 Å². The molecule has 0 aliphatic carbocycles. The highest BCUT2D eigenvalue weighted by Gasteiger charge is 2.29. The fourth-order valence-corrected chi connectivity index (χ4v) is 1.16. The van der Waals surface area contributed by atoms with Crippen LogP contribution in [0.25, 0.3) is 0 Å². The number of methoxy groups -OCH3 is 1. The zero-order valence-corrected chi connectivity index (χ0v) is 8.53. The molecule has 0 saturated heterocycles. The van der Waals surface area contributed by atoms with Gasteiger partial charge in [-0.3, -0.25) is 4.98 Å². The summed E-state index contributed by atoms with van der Waals surface area (Å²) in [6.45, 7) is 0. The normalized spacial score (nSPS) is 13.6. The third-order valence-corrected chi connectivity index (χ3v) is 1.90. The van der Waals surface area contributed by atoms with Gasteiger partial charge in [-0.25, -0.2) is 4.98 Å². The number of hydrogen-bond donors (Lipinski definition) is 1. The summed E-state index contributed by atoms with van der Waals surface area (Å²) in [6, 6.07) is 0. The van der Waals surface area contributed by atoms with Gasteiger partial charge in [0.15, 0.2) is 0 Å². The van der Waals surface area contributed by atoms with E-state index in [1.54, 1.807) is 0 Å². The maximum Gasteiger partial charge on any atom is 0.389 e. The van der Waals surface area contributed by atoms with E-state index in [-0.39, 0.29) is 11.6 Å². The molecule has 0 spiro atoms. The van der Waals surface area contributed by atoms with Gasteiger partial charge < -0.3 is 9.84 Å². The summed E-state index contributed by atoms with van der Waals surface area (Å²) >= 11 is 0. The van der Waals surface area contributed by atoms with Crippen LogP contribution in [0.3, 0.4) is 0 Å². The summed E-state index contributed by atoms with van der Waals surface area (Å²) in [7, 11) is 1.31. The first kappa shape index (κ1) is 12.7. The largest absolute Gasteiger partial charge is 0.480 e. The van der Waals surface area contributed by atoms with Gasteiger partial charge in [0.05, 0.1) is 7.11 Å². The molecule has 1 N–H and O–H groups in total. The number of halogens is 3. The lowest BCUT2D eigenvalue weighted by Crippen LogP contribution is -2.11. The predicted octanol–water partition coefficient (Wildman–Crippen LogP) is 1.86. The van der Waals surface area contributed by atoms with Crippen LogP contribution in [0.5, 0.6) is 5.88 Å². The number of hydrogen-bond acceptors (Lipinski definition) is 4. The van der Waals surface area contributed by atoms with Crippen molar-refractivity contribution in [3.05, 3.63) is 18.1 Å². The molecule has 0 aliphatic rings. The van der Waals surface area contributed by atoms with E-state index in [4.69, 9.17) is 4.74 Å². The van der Waals surface area contributed by atoms with Gasteiger partial charge in [0.2, 0.25) is 5.88 Å². The molecule has 4 nitrogen and oxygen atoms in total. The molecule has 0 saturated carbocycles. The van der Waals surface area contributed by atoms with Crippen molar-refractivity contribution < 1.29 is 23.0 Å². The summed E-state index contributed by atoms with van der Waals surface area (Å²) in [5.41, 5.74) is 0.0225. The molecule has 1 unspecified atom stereocenters. The lowest BCUT2D eigenvalue weighted by Gasteiger charge is -2.13. The summed E-state index contributed by atoms with van der Waals surface area (Å²) in [4.78, 5) is 7.48. The Morgan fingerprint density at radius 3 is 2.56 bits per heavy atom. The van der Waals surface area contributed by atoms with Gasteiger partial charge in [0.1, 0.15) is 11.8 Å². The van der Waals surface area contributed by atoms with Gasteiger partial charge in [-0.15, -0.1) is 0 Å². The van der Waals surface area contributed by atoms with E-state index in [1.165, 1.54) is 19.5 Å². The Hall–Kier alpha value is -1.37. The molecule has 1 aromatic heterocycles. The average molecular weight is 236 g/mol. The summed E-state index contributed by atoms with van der Waals surface area (Å²) < 4.78 is 40.6. The fourth-order valence-electron chi connectivity index (χ4n) is 1.16. The number of ether oxygens (including phenoxy) is 1. The number of aliphatic hydroxyl groups excluding tert-OH is 1. The van der Waals surface area contributed by atoms with Crippen LogP contribution >= 0.6 is 0 Å². The number of rotatable bonds is 4. The quantitative estimate of drug-likeness (QED) is 0.866. The van der Waals surface area contributed by atoms with Crippen molar-refractivity contribution in [1.29, 1.82) is 0 Å². The molecule has 1 heterocycles. The van der Waals surface area contributed by atoms with Crippen LogP contribution in [0, 0.1) is 0 Å². The molecule has 90 valence electrons. The van der Waals surface area contributed by atoms with Crippen molar-refractivity contribution in [2.24, 2.45) is 0 Å². The van der Waals surface area contributed by atoms with Gasteiger partial charge in [-0.2, -0.15) is 13.2 Å². The molecule has 7 heteroatoms. The number of alkyl halides is 3. The molecule has 0 bridgehead atoms. The zero-order chi connectivity index (χ0) is 12.2. The Bertz CT molecular complexity index is 344. The first-order chi connectivity index (χ1) is 7.44. The van der Waals surface area contributed by atoms with Crippen molar-refractivity contribution in [2.75, 3.05) is 7.11 Å². The van der Waals surface area contributed by atoms with E-state index in [0.717, 1.165) is 0 Å². The zero-order valence-electron chi connectivity index (χ0n) is 8.53. The Balaban J connectivity index is 2.69. The van der Waals surface area contributed by atoms with Gasteiger partial charge in [0.25, 0.3) is 0 Å². The summed E-state index contributed by atoms with van der Waals surface area (Å²) in [6.07, 6.45) is -4.54. The topological polar surface area (TPSA) is 55.2 Å². The van der Waals surface area contributed by atoms with Crippen LogP contribution in [0.4, 0.5) is 13.2 Å². The second-order valence-corrected chi connectivity index (χ2v) is 3.12. The predicted molar refractivity (Wildman–Crippen MR) is 48.8 cm³/mol. The summed E-state index contributed by atoms with van der Waals surface area (Å²) in [5.74, 6) is 0.0391. The van der Waals surface area contributed by atoms with Gasteiger partial charge >= 0.3 is 6.18 Å². The maximum atomic E-state index is 11.9. The van der Waals surface area contributed by atoms with Crippen LogP contribution in [0.15, 0.2) is 12.4 Å². The van der Waals surface area contributed by atoms with Crippen molar-refractivity contribution >= 4 is 0 Å². The molecule has 16 heavy (non-hydrogen) atoms. The Morgan fingerprint density at radius 2 is 2.00 bits per heavy atom. The van der Waals surface area contributed by atoms with Crippen molar-refractivity contribution in [3.8, 4) is 5.88 Å². The molecule has 0 aliphatic heterocycles. The number of nitrogens with zero attached hydrogens (tertiary/aromatic N) is 2. The SMILES string of the molecule is COc1nccnc1C(O)CCC(F)(F)F. The highest BCUT2D eigenvalue weighted by molar-refractivity contribution is 5.19. The maximum absolute atomic E-state index is 11.9. The first-order valence-corrected chi connectivity index (χ1v) is 4.53. The van der Waals surface area contributed by atoms with Crippen molar-refractivity contribution in [2.45, 2.75) is 25.1 Å². The molecule has 0 aromatic carbocycles. The number of aromatic nitrogens is 2. The van der Waals surface area contributed by atoms with Gasteiger partial charge in [-0.05, 0) is 6.42 Å². The van der Waals surface area contributed by atoms with Crippen LogP contribution in [0.1, 0.15) is 24.6 Å². The molecular formula is C9H11F3N2O2. The standard InChI is InChI=1S/C9H11F3N2O2/c1-16-8-7(13-4-5-14-8)6(15)2-3-9(10,11)12/h4-6,15H,2-3H2,1H3. The first-order valence-electron chi connectivity index (χ1n) is 4.53. The molecule has 0 amide bonds. The molecule has 0 radical (unpaired) electrons. The second kappa shape index (κ2) is 5.11. The summed E-state index contributed by atoms with van der Waals surface area (Å²) in [5, 5.41) is 9.51. The highest BCUT2D eigenvalue weighted by atomic mass is 19.4. The minimum absolute atomic E-state index is 0.0225.